The quantitative estimate of drug-likeness (QED) is 0.650. The van der Waals surface area contributed by atoms with E-state index in [1.54, 1.807) is 0 Å². The minimum Gasteiger partial charge on any atom is -0.431 e. The van der Waals surface area contributed by atoms with E-state index in [0.29, 0.717) is 11.0 Å². The van der Waals surface area contributed by atoms with Gasteiger partial charge in [0, 0.05) is 6.54 Å². The zero-order valence-corrected chi connectivity index (χ0v) is 12.0. The van der Waals surface area contributed by atoms with Gasteiger partial charge in [0.2, 0.25) is 0 Å². The lowest BCUT2D eigenvalue weighted by molar-refractivity contribution is 0.488. The Morgan fingerprint density at radius 1 is 1.30 bits per heavy atom. The van der Waals surface area contributed by atoms with Crippen LogP contribution in [-0.2, 0) is 12.3 Å². The van der Waals surface area contributed by atoms with Crippen LogP contribution in [0.3, 0.4) is 0 Å². The van der Waals surface area contributed by atoms with Gasteiger partial charge in [-0.2, -0.15) is 0 Å². The van der Waals surface area contributed by atoms with Crippen molar-refractivity contribution in [2.24, 2.45) is 0 Å². The summed E-state index contributed by atoms with van der Waals surface area (Å²) >= 11 is 1.51. The fourth-order valence-electron chi connectivity index (χ4n) is 1.85. The van der Waals surface area contributed by atoms with E-state index in [9.17, 15) is 0 Å². The molecular formula is C13H15N5OS. The van der Waals surface area contributed by atoms with Crippen LogP contribution in [-0.4, -0.2) is 25.2 Å². The Morgan fingerprint density at radius 3 is 3.05 bits per heavy atom. The van der Waals surface area contributed by atoms with Crippen LogP contribution in [0.15, 0.2) is 33.9 Å². The Morgan fingerprint density at radius 2 is 2.20 bits per heavy atom. The van der Waals surface area contributed by atoms with Crippen molar-refractivity contribution in [3.05, 3.63) is 30.1 Å². The van der Waals surface area contributed by atoms with E-state index in [0.717, 1.165) is 36.3 Å². The number of hydrogen-bond acceptors (Lipinski definition) is 6. The average molecular weight is 289 g/mol. The molecule has 0 saturated heterocycles. The largest absolute Gasteiger partial charge is 0.431 e. The summed E-state index contributed by atoms with van der Waals surface area (Å²) in [4.78, 5) is 4.42. The number of thioether (sulfide) groups is 1. The number of aryl methyl sites for hydroxylation is 1. The SMILES string of the molecule is CCCCn1nnnc1CSc1nc2ccccc2o1. The van der Waals surface area contributed by atoms with Gasteiger partial charge < -0.3 is 4.42 Å². The van der Waals surface area contributed by atoms with E-state index in [2.05, 4.69) is 27.4 Å². The van der Waals surface area contributed by atoms with E-state index in [-0.39, 0.29) is 0 Å². The first-order chi connectivity index (χ1) is 9.86. The molecule has 0 aliphatic carbocycles. The molecule has 2 aromatic heterocycles. The maximum Gasteiger partial charge on any atom is 0.257 e. The molecule has 6 nitrogen and oxygen atoms in total. The van der Waals surface area contributed by atoms with Gasteiger partial charge in [0.25, 0.3) is 5.22 Å². The Bertz CT molecular complexity index is 660. The number of fused-ring (bicyclic) bond motifs is 1. The lowest BCUT2D eigenvalue weighted by Gasteiger charge is -2.01. The number of nitrogens with zero attached hydrogens (tertiary/aromatic N) is 5. The Balaban J connectivity index is 1.68. The van der Waals surface area contributed by atoms with Gasteiger partial charge in [0.15, 0.2) is 11.4 Å². The minimum atomic E-state index is 0.649. The summed E-state index contributed by atoms with van der Waals surface area (Å²) in [5.74, 6) is 1.51. The first-order valence-corrected chi connectivity index (χ1v) is 7.59. The molecular weight excluding hydrogens is 274 g/mol. The predicted molar refractivity (Wildman–Crippen MR) is 76.3 cm³/mol. The van der Waals surface area contributed by atoms with Crippen molar-refractivity contribution in [2.45, 2.75) is 37.3 Å². The van der Waals surface area contributed by atoms with Crippen molar-refractivity contribution in [3.63, 3.8) is 0 Å². The Hall–Kier alpha value is -1.89. The fraction of sp³-hybridized carbons (Fsp3) is 0.385. The molecule has 7 heteroatoms. The van der Waals surface area contributed by atoms with E-state index in [1.807, 2.05) is 28.9 Å². The highest BCUT2D eigenvalue weighted by atomic mass is 32.2. The molecule has 0 fully saturated rings. The first kappa shape index (κ1) is 13.1. The van der Waals surface area contributed by atoms with Crippen LogP contribution >= 0.6 is 11.8 Å². The second kappa shape index (κ2) is 6.04. The van der Waals surface area contributed by atoms with Crippen molar-refractivity contribution in [1.29, 1.82) is 0 Å². The second-order valence-electron chi connectivity index (χ2n) is 4.41. The highest BCUT2D eigenvalue weighted by Crippen LogP contribution is 2.25. The van der Waals surface area contributed by atoms with Gasteiger partial charge in [-0.1, -0.05) is 37.2 Å². The molecule has 0 unspecified atom stereocenters. The third kappa shape index (κ3) is 2.82. The zero-order valence-electron chi connectivity index (χ0n) is 11.2. The third-order valence-electron chi connectivity index (χ3n) is 2.93. The number of unbranched alkanes of at least 4 members (excludes halogenated alkanes) is 1. The summed E-state index contributed by atoms with van der Waals surface area (Å²) in [6.07, 6.45) is 2.20. The van der Waals surface area contributed by atoms with Crippen LogP contribution in [0.5, 0.6) is 0 Å². The molecule has 0 aliphatic rings. The highest BCUT2D eigenvalue weighted by Gasteiger charge is 2.10. The summed E-state index contributed by atoms with van der Waals surface area (Å²) in [6.45, 7) is 3.00. The van der Waals surface area contributed by atoms with Gasteiger partial charge in [0.05, 0.1) is 5.75 Å². The number of rotatable bonds is 6. The number of aromatic nitrogens is 5. The molecule has 0 aliphatic heterocycles. The second-order valence-corrected chi connectivity index (χ2v) is 5.33. The lowest BCUT2D eigenvalue weighted by Crippen LogP contribution is -2.04. The van der Waals surface area contributed by atoms with Crippen molar-refractivity contribution in [3.8, 4) is 0 Å². The standard InChI is InChI=1S/C13H15N5OS/c1-2-3-8-18-12(15-16-17-18)9-20-13-14-10-6-4-5-7-11(10)19-13/h4-7H,2-3,8-9H2,1H3. The summed E-state index contributed by atoms with van der Waals surface area (Å²) in [7, 11) is 0. The molecule has 20 heavy (non-hydrogen) atoms. The van der Waals surface area contributed by atoms with Gasteiger partial charge in [0.1, 0.15) is 5.52 Å². The van der Waals surface area contributed by atoms with E-state index < -0.39 is 0 Å². The number of oxazole rings is 1. The van der Waals surface area contributed by atoms with Gasteiger partial charge in [-0.25, -0.2) is 9.67 Å². The molecule has 0 atom stereocenters. The molecule has 2 heterocycles. The molecule has 3 aromatic rings. The van der Waals surface area contributed by atoms with Crippen LogP contribution in [0.4, 0.5) is 0 Å². The summed E-state index contributed by atoms with van der Waals surface area (Å²) in [5.41, 5.74) is 1.68. The molecule has 0 bridgehead atoms. The van der Waals surface area contributed by atoms with Crippen LogP contribution in [0.25, 0.3) is 11.1 Å². The zero-order chi connectivity index (χ0) is 13.8. The van der Waals surface area contributed by atoms with Gasteiger partial charge in [-0.15, -0.1) is 5.10 Å². The van der Waals surface area contributed by atoms with Gasteiger partial charge >= 0.3 is 0 Å². The van der Waals surface area contributed by atoms with E-state index in [4.69, 9.17) is 4.42 Å². The smallest absolute Gasteiger partial charge is 0.257 e. The van der Waals surface area contributed by atoms with Crippen molar-refractivity contribution in [1.82, 2.24) is 25.2 Å². The van der Waals surface area contributed by atoms with Crippen LogP contribution in [0, 0.1) is 0 Å². The fourth-order valence-corrected chi connectivity index (χ4v) is 2.62. The normalized spacial score (nSPS) is 11.2. The predicted octanol–water partition coefficient (Wildman–Crippen LogP) is 2.91. The molecule has 104 valence electrons. The van der Waals surface area contributed by atoms with Crippen LogP contribution < -0.4 is 0 Å². The summed E-state index contributed by atoms with van der Waals surface area (Å²) < 4.78 is 7.51. The molecule has 0 amide bonds. The average Bonchev–Trinajstić information content (AvgIpc) is 3.08. The number of hydrogen-bond donors (Lipinski definition) is 0. The molecule has 0 saturated carbocycles. The molecule has 0 N–H and O–H groups in total. The third-order valence-corrected chi connectivity index (χ3v) is 3.75. The molecule has 1 aromatic carbocycles. The maximum atomic E-state index is 5.66. The van der Waals surface area contributed by atoms with E-state index in [1.165, 1.54) is 11.8 Å². The summed E-state index contributed by atoms with van der Waals surface area (Å²) in [6, 6.07) is 7.74. The van der Waals surface area contributed by atoms with Gasteiger partial charge in [-0.05, 0) is 29.0 Å². The Labute approximate surface area is 120 Å². The summed E-state index contributed by atoms with van der Waals surface area (Å²) in [5, 5.41) is 12.4. The number of tetrazole rings is 1. The number of benzene rings is 1. The van der Waals surface area contributed by atoms with Crippen molar-refractivity contribution in [2.75, 3.05) is 0 Å². The minimum absolute atomic E-state index is 0.649. The number of para-hydroxylation sites is 2. The topological polar surface area (TPSA) is 69.6 Å². The monoisotopic (exact) mass is 289 g/mol. The van der Waals surface area contributed by atoms with E-state index >= 15 is 0 Å². The Kier molecular flexibility index (Phi) is 3.96. The van der Waals surface area contributed by atoms with Gasteiger partial charge in [-0.3, -0.25) is 0 Å². The molecule has 3 rings (SSSR count). The van der Waals surface area contributed by atoms with Crippen LogP contribution in [0.2, 0.25) is 0 Å². The van der Waals surface area contributed by atoms with Crippen LogP contribution in [0.1, 0.15) is 25.6 Å². The first-order valence-electron chi connectivity index (χ1n) is 6.60. The molecule has 0 spiro atoms. The molecule has 0 radical (unpaired) electrons. The van der Waals surface area contributed by atoms with Crippen molar-refractivity contribution < 1.29 is 4.42 Å². The highest BCUT2D eigenvalue weighted by molar-refractivity contribution is 7.98. The lowest BCUT2D eigenvalue weighted by atomic mass is 10.3. The maximum absolute atomic E-state index is 5.66. The van der Waals surface area contributed by atoms with Crippen molar-refractivity contribution >= 4 is 22.9 Å².